The zero-order valence-corrected chi connectivity index (χ0v) is 8.60. The molecule has 1 unspecified atom stereocenters. The third kappa shape index (κ3) is 1.66. The fourth-order valence-electron chi connectivity index (χ4n) is 1.88. The van der Waals surface area contributed by atoms with Gasteiger partial charge >= 0.3 is 0 Å². The SMILES string of the molecule is CO[C@H]1C(O)O[C@@H]2COC(C)(C)O[C@@H]21. The standard InChI is InChI=1S/C9H16O5/c1-9(2)12-4-5-6(14-9)7(11-3)8(10)13-5/h5-8,10H,4H2,1-3H3/t5-,6+,7-,8?/m1/s1. The van der Waals surface area contributed by atoms with Gasteiger partial charge in [-0.1, -0.05) is 0 Å². The van der Waals surface area contributed by atoms with E-state index in [0.29, 0.717) is 6.61 Å². The molecule has 0 bridgehead atoms. The molecule has 2 aliphatic rings. The maximum absolute atomic E-state index is 9.51. The van der Waals surface area contributed by atoms with E-state index in [4.69, 9.17) is 18.9 Å². The van der Waals surface area contributed by atoms with E-state index in [9.17, 15) is 5.11 Å². The van der Waals surface area contributed by atoms with Gasteiger partial charge in [0.2, 0.25) is 0 Å². The first-order valence-electron chi connectivity index (χ1n) is 4.71. The Bertz CT molecular complexity index is 217. The lowest BCUT2D eigenvalue weighted by Gasteiger charge is -2.38. The van der Waals surface area contributed by atoms with Crippen molar-refractivity contribution in [1.29, 1.82) is 0 Å². The second kappa shape index (κ2) is 3.43. The first-order chi connectivity index (χ1) is 6.53. The summed E-state index contributed by atoms with van der Waals surface area (Å²) < 4.78 is 21.4. The molecular weight excluding hydrogens is 188 g/mol. The first kappa shape index (κ1) is 10.3. The lowest BCUT2D eigenvalue weighted by molar-refractivity contribution is -0.301. The van der Waals surface area contributed by atoms with Crippen LogP contribution in [-0.2, 0) is 18.9 Å². The first-order valence-corrected chi connectivity index (χ1v) is 4.71. The van der Waals surface area contributed by atoms with Crippen molar-refractivity contribution < 1.29 is 24.1 Å². The van der Waals surface area contributed by atoms with Gasteiger partial charge < -0.3 is 24.1 Å². The monoisotopic (exact) mass is 204 g/mol. The second-order valence-electron chi connectivity index (χ2n) is 4.06. The molecule has 5 nitrogen and oxygen atoms in total. The van der Waals surface area contributed by atoms with Crippen LogP contribution in [0.5, 0.6) is 0 Å². The molecule has 0 spiro atoms. The van der Waals surface area contributed by atoms with Crippen LogP contribution in [0.25, 0.3) is 0 Å². The van der Waals surface area contributed by atoms with Gasteiger partial charge in [0.25, 0.3) is 0 Å². The average molecular weight is 204 g/mol. The van der Waals surface area contributed by atoms with Crippen LogP contribution in [0, 0.1) is 0 Å². The van der Waals surface area contributed by atoms with Crippen molar-refractivity contribution in [2.75, 3.05) is 13.7 Å². The summed E-state index contributed by atoms with van der Waals surface area (Å²) in [5, 5.41) is 9.51. The number of fused-ring (bicyclic) bond motifs is 1. The van der Waals surface area contributed by atoms with E-state index < -0.39 is 18.2 Å². The molecule has 2 aliphatic heterocycles. The summed E-state index contributed by atoms with van der Waals surface area (Å²) in [5.41, 5.74) is 0. The fourth-order valence-corrected chi connectivity index (χ4v) is 1.88. The van der Waals surface area contributed by atoms with E-state index in [2.05, 4.69) is 0 Å². The fraction of sp³-hybridized carbons (Fsp3) is 1.00. The molecule has 0 amide bonds. The third-order valence-electron chi connectivity index (χ3n) is 2.57. The maximum atomic E-state index is 9.51. The molecule has 0 aromatic rings. The van der Waals surface area contributed by atoms with Gasteiger partial charge in [-0.2, -0.15) is 0 Å². The van der Waals surface area contributed by atoms with E-state index in [1.54, 1.807) is 0 Å². The van der Waals surface area contributed by atoms with Gasteiger partial charge in [0, 0.05) is 7.11 Å². The summed E-state index contributed by atoms with van der Waals surface area (Å²) in [5.74, 6) is -0.634. The number of aliphatic hydroxyl groups is 1. The molecule has 5 heteroatoms. The van der Waals surface area contributed by atoms with Crippen LogP contribution in [0.15, 0.2) is 0 Å². The van der Waals surface area contributed by atoms with Gasteiger partial charge in [0.15, 0.2) is 12.1 Å². The highest BCUT2D eigenvalue weighted by Gasteiger charge is 2.50. The Kier molecular flexibility index (Phi) is 2.53. The van der Waals surface area contributed by atoms with E-state index >= 15 is 0 Å². The van der Waals surface area contributed by atoms with Crippen molar-refractivity contribution in [2.24, 2.45) is 0 Å². The average Bonchev–Trinajstić information content (AvgIpc) is 2.39. The van der Waals surface area contributed by atoms with Crippen molar-refractivity contribution in [2.45, 2.75) is 44.2 Å². The normalized spacial score (nSPS) is 46.3. The summed E-state index contributed by atoms with van der Waals surface area (Å²) in [6.45, 7) is 4.09. The van der Waals surface area contributed by atoms with E-state index in [1.165, 1.54) is 7.11 Å². The minimum atomic E-state index is -0.924. The van der Waals surface area contributed by atoms with Gasteiger partial charge in [-0.15, -0.1) is 0 Å². The minimum Gasteiger partial charge on any atom is -0.373 e. The molecule has 2 saturated heterocycles. The van der Waals surface area contributed by atoms with Crippen LogP contribution in [0.3, 0.4) is 0 Å². The van der Waals surface area contributed by atoms with Crippen molar-refractivity contribution in [3.05, 3.63) is 0 Å². The van der Waals surface area contributed by atoms with Gasteiger partial charge in [-0.05, 0) is 13.8 Å². The molecule has 0 radical (unpaired) electrons. The Balaban J connectivity index is 2.10. The van der Waals surface area contributed by atoms with Crippen LogP contribution >= 0.6 is 0 Å². The highest BCUT2D eigenvalue weighted by Crippen LogP contribution is 2.33. The summed E-state index contributed by atoms with van der Waals surface area (Å²) in [6, 6.07) is 0. The predicted molar refractivity (Wildman–Crippen MR) is 46.6 cm³/mol. The van der Waals surface area contributed by atoms with E-state index in [-0.39, 0.29) is 12.2 Å². The number of ether oxygens (including phenoxy) is 4. The molecule has 2 fully saturated rings. The highest BCUT2D eigenvalue weighted by atomic mass is 16.8. The van der Waals surface area contributed by atoms with Gasteiger partial charge in [-0.25, -0.2) is 0 Å². The number of hydrogen-bond acceptors (Lipinski definition) is 5. The maximum Gasteiger partial charge on any atom is 0.184 e. The number of aliphatic hydroxyl groups excluding tert-OH is 1. The largest absolute Gasteiger partial charge is 0.373 e. The molecule has 4 atom stereocenters. The second-order valence-corrected chi connectivity index (χ2v) is 4.06. The van der Waals surface area contributed by atoms with Crippen molar-refractivity contribution in [3.8, 4) is 0 Å². The lowest BCUT2D eigenvalue weighted by atomic mass is 10.1. The van der Waals surface area contributed by atoms with E-state index in [1.807, 2.05) is 13.8 Å². The van der Waals surface area contributed by atoms with Gasteiger partial charge in [0.1, 0.15) is 18.3 Å². The third-order valence-corrected chi connectivity index (χ3v) is 2.57. The van der Waals surface area contributed by atoms with Crippen molar-refractivity contribution in [3.63, 3.8) is 0 Å². The molecule has 82 valence electrons. The van der Waals surface area contributed by atoms with Gasteiger partial charge in [-0.3, -0.25) is 0 Å². The molecule has 2 heterocycles. The number of hydrogen-bond donors (Lipinski definition) is 1. The molecule has 1 N–H and O–H groups in total. The molecular formula is C9H16O5. The van der Waals surface area contributed by atoms with Crippen LogP contribution in [0.4, 0.5) is 0 Å². The predicted octanol–water partition coefficient (Wildman–Crippen LogP) is -0.130. The highest BCUT2D eigenvalue weighted by molar-refractivity contribution is 4.91. The quantitative estimate of drug-likeness (QED) is 0.644. The van der Waals surface area contributed by atoms with Crippen LogP contribution < -0.4 is 0 Å². The molecule has 0 saturated carbocycles. The van der Waals surface area contributed by atoms with Crippen molar-refractivity contribution >= 4 is 0 Å². The molecule has 0 aliphatic carbocycles. The molecule has 0 aromatic heterocycles. The Hall–Kier alpha value is -0.200. The molecule has 2 rings (SSSR count). The topological polar surface area (TPSA) is 57.2 Å². The summed E-state index contributed by atoms with van der Waals surface area (Å²) in [6.07, 6.45) is -1.84. The zero-order valence-electron chi connectivity index (χ0n) is 8.60. The summed E-state index contributed by atoms with van der Waals surface area (Å²) in [7, 11) is 1.53. The van der Waals surface area contributed by atoms with Gasteiger partial charge in [0.05, 0.1) is 6.61 Å². The Morgan fingerprint density at radius 2 is 2.14 bits per heavy atom. The Morgan fingerprint density at radius 1 is 1.43 bits per heavy atom. The van der Waals surface area contributed by atoms with Crippen molar-refractivity contribution in [1.82, 2.24) is 0 Å². The van der Waals surface area contributed by atoms with Crippen LogP contribution in [0.1, 0.15) is 13.8 Å². The van der Waals surface area contributed by atoms with Crippen LogP contribution in [-0.4, -0.2) is 49.2 Å². The Labute approximate surface area is 82.9 Å². The smallest absolute Gasteiger partial charge is 0.184 e. The lowest BCUT2D eigenvalue weighted by Crippen LogP contribution is -2.50. The Morgan fingerprint density at radius 3 is 2.79 bits per heavy atom. The minimum absolute atomic E-state index is 0.233. The molecule has 14 heavy (non-hydrogen) atoms. The zero-order chi connectivity index (χ0) is 10.3. The number of rotatable bonds is 1. The summed E-state index contributed by atoms with van der Waals surface area (Å²) >= 11 is 0. The van der Waals surface area contributed by atoms with E-state index in [0.717, 1.165) is 0 Å². The molecule has 0 aromatic carbocycles. The summed E-state index contributed by atoms with van der Waals surface area (Å²) in [4.78, 5) is 0. The van der Waals surface area contributed by atoms with Crippen LogP contribution in [0.2, 0.25) is 0 Å². The number of methoxy groups -OCH3 is 1.